The van der Waals surface area contributed by atoms with Gasteiger partial charge in [-0.25, -0.2) is 0 Å². The maximum Gasteiger partial charge on any atom is 0.256 e. The smallest absolute Gasteiger partial charge is 0.256 e. The number of methoxy groups -OCH3 is 1. The molecule has 0 unspecified atom stereocenters. The normalized spacial score (nSPS) is 10.5. The fraction of sp³-hybridized carbons (Fsp3) is 0.111. The molecular formula is C27H24ClN3O2. The zero-order valence-electron chi connectivity index (χ0n) is 18.2. The van der Waals surface area contributed by atoms with Crippen LogP contribution in [0.25, 0.3) is 11.1 Å². The zero-order valence-corrected chi connectivity index (χ0v) is 19.0. The molecule has 4 aromatic rings. The summed E-state index contributed by atoms with van der Waals surface area (Å²) in [4.78, 5) is 17.5. The molecule has 33 heavy (non-hydrogen) atoms. The topological polar surface area (TPSA) is 63.2 Å². The van der Waals surface area contributed by atoms with E-state index in [1.54, 1.807) is 19.4 Å². The Morgan fingerprint density at radius 1 is 0.939 bits per heavy atom. The van der Waals surface area contributed by atoms with Crippen molar-refractivity contribution in [1.82, 2.24) is 4.98 Å². The molecule has 5 nitrogen and oxygen atoms in total. The minimum atomic E-state index is -0.213. The first kappa shape index (κ1) is 22.4. The van der Waals surface area contributed by atoms with Gasteiger partial charge >= 0.3 is 0 Å². The van der Waals surface area contributed by atoms with Crippen LogP contribution in [-0.2, 0) is 6.42 Å². The molecule has 166 valence electrons. The van der Waals surface area contributed by atoms with E-state index in [1.165, 1.54) is 0 Å². The van der Waals surface area contributed by atoms with Crippen LogP contribution in [0.5, 0.6) is 5.75 Å². The third kappa shape index (κ3) is 5.90. The first-order valence-electron chi connectivity index (χ1n) is 10.6. The van der Waals surface area contributed by atoms with Crippen molar-refractivity contribution >= 4 is 28.9 Å². The molecule has 4 rings (SSSR count). The van der Waals surface area contributed by atoms with Crippen LogP contribution in [0.4, 0.5) is 11.4 Å². The highest BCUT2D eigenvalue weighted by molar-refractivity contribution is 6.30. The molecule has 0 saturated heterocycles. The fourth-order valence-electron chi connectivity index (χ4n) is 3.47. The van der Waals surface area contributed by atoms with E-state index in [0.29, 0.717) is 22.0 Å². The number of aromatic nitrogens is 1. The molecule has 0 aliphatic heterocycles. The van der Waals surface area contributed by atoms with Crippen LogP contribution >= 0.6 is 11.6 Å². The number of rotatable bonds is 8. The predicted octanol–water partition coefficient (Wildman–Crippen LogP) is 6.32. The molecule has 6 heteroatoms. The lowest BCUT2D eigenvalue weighted by Crippen LogP contribution is -2.13. The number of hydrogen-bond acceptors (Lipinski definition) is 4. The average Bonchev–Trinajstić information content (AvgIpc) is 2.86. The van der Waals surface area contributed by atoms with E-state index in [0.717, 1.165) is 35.5 Å². The van der Waals surface area contributed by atoms with E-state index >= 15 is 0 Å². The second kappa shape index (κ2) is 10.7. The van der Waals surface area contributed by atoms with Crippen molar-refractivity contribution in [1.29, 1.82) is 0 Å². The average molecular weight is 458 g/mol. The zero-order chi connectivity index (χ0) is 23.0. The van der Waals surface area contributed by atoms with E-state index in [-0.39, 0.29) is 5.91 Å². The lowest BCUT2D eigenvalue weighted by atomic mass is 9.98. The maximum atomic E-state index is 13.1. The molecule has 0 radical (unpaired) electrons. The molecule has 3 aromatic carbocycles. The van der Waals surface area contributed by atoms with Crippen LogP contribution in [0.1, 0.15) is 16.1 Å². The highest BCUT2D eigenvalue weighted by Crippen LogP contribution is 2.29. The van der Waals surface area contributed by atoms with Crippen molar-refractivity contribution in [3.8, 4) is 16.9 Å². The van der Waals surface area contributed by atoms with E-state index in [1.807, 2.05) is 78.9 Å². The van der Waals surface area contributed by atoms with Gasteiger partial charge in [0.25, 0.3) is 5.91 Å². The van der Waals surface area contributed by atoms with Gasteiger partial charge in [0.2, 0.25) is 0 Å². The maximum absolute atomic E-state index is 13.1. The minimum absolute atomic E-state index is 0.213. The lowest BCUT2D eigenvalue weighted by Gasteiger charge is -2.13. The van der Waals surface area contributed by atoms with Crippen LogP contribution in [0.15, 0.2) is 91.1 Å². The van der Waals surface area contributed by atoms with Crippen molar-refractivity contribution in [2.75, 3.05) is 24.3 Å². The van der Waals surface area contributed by atoms with Crippen LogP contribution < -0.4 is 15.4 Å². The summed E-state index contributed by atoms with van der Waals surface area (Å²) in [6, 6.07) is 26.4. The second-order valence-electron chi connectivity index (χ2n) is 7.45. The largest absolute Gasteiger partial charge is 0.497 e. The molecule has 0 aliphatic rings. The molecule has 1 heterocycles. The number of hydrogen-bond donors (Lipinski definition) is 2. The number of nitrogens with one attached hydrogen (secondary N) is 2. The number of carbonyl (C=O) groups is 1. The minimum Gasteiger partial charge on any atom is -0.497 e. The number of amides is 1. The second-order valence-corrected chi connectivity index (χ2v) is 7.88. The highest BCUT2D eigenvalue weighted by atomic mass is 35.5. The summed E-state index contributed by atoms with van der Waals surface area (Å²) in [5, 5.41) is 7.00. The molecule has 1 aromatic heterocycles. The Hall–Kier alpha value is -3.83. The number of ether oxygens (including phenoxy) is 1. The Balaban J connectivity index is 1.45. The Morgan fingerprint density at radius 2 is 1.70 bits per heavy atom. The molecule has 0 saturated carbocycles. The van der Waals surface area contributed by atoms with E-state index < -0.39 is 0 Å². The SMILES string of the molecule is COc1ccc(-c2ccc(Cl)cc2)c(C(=O)Nc2ccc(NCCc3ccccn3)cc2)c1. The van der Waals surface area contributed by atoms with Gasteiger partial charge in [0.05, 0.1) is 12.7 Å². The third-order valence-electron chi connectivity index (χ3n) is 5.21. The van der Waals surface area contributed by atoms with E-state index in [9.17, 15) is 4.79 Å². The Bertz CT molecular complexity index is 1210. The number of anilines is 2. The fourth-order valence-corrected chi connectivity index (χ4v) is 3.60. The summed E-state index contributed by atoms with van der Waals surface area (Å²) < 4.78 is 5.34. The highest BCUT2D eigenvalue weighted by Gasteiger charge is 2.15. The van der Waals surface area contributed by atoms with Crippen LogP contribution in [0, 0.1) is 0 Å². The van der Waals surface area contributed by atoms with Gasteiger partial charge in [-0.3, -0.25) is 9.78 Å². The van der Waals surface area contributed by atoms with E-state index in [2.05, 4.69) is 15.6 Å². The number of halogens is 1. The van der Waals surface area contributed by atoms with Gasteiger partial charge in [0.15, 0.2) is 0 Å². The van der Waals surface area contributed by atoms with Gasteiger partial charge in [0, 0.05) is 41.3 Å². The van der Waals surface area contributed by atoms with E-state index in [4.69, 9.17) is 16.3 Å². The number of benzene rings is 3. The predicted molar refractivity (Wildman–Crippen MR) is 134 cm³/mol. The van der Waals surface area contributed by atoms with Gasteiger partial charge < -0.3 is 15.4 Å². The Morgan fingerprint density at radius 3 is 2.39 bits per heavy atom. The third-order valence-corrected chi connectivity index (χ3v) is 5.46. The van der Waals surface area contributed by atoms with Crippen LogP contribution in [0.2, 0.25) is 5.02 Å². The van der Waals surface area contributed by atoms with Crippen molar-refractivity contribution in [3.05, 3.63) is 107 Å². The molecule has 0 fully saturated rings. The molecule has 1 amide bonds. The van der Waals surface area contributed by atoms with Crippen molar-refractivity contribution in [2.24, 2.45) is 0 Å². The van der Waals surface area contributed by atoms with Gasteiger partial charge in [-0.05, 0) is 77.9 Å². The summed E-state index contributed by atoms with van der Waals surface area (Å²) in [5.41, 5.74) is 4.96. The molecule has 2 N–H and O–H groups in total. The molecule has 0 bridgehead atoms. The number of nitrogens with zero attached hydrogens (tertiary/aromatic N) is 1. The summed E-state index contributed by atoms with van der Waals surface area (Å²) in [7, 11) is 1.58. The van der Waals surface area contributed by atoms with Gasteiger partial charge in [0.1, 0.15) is 5.75 Å². The molecule has 0 spiro atoms. The summed E-state index contributed by atoms with van der Waals surface area (Å²) >= 11 is 6.02. The first-order chi connectivity index (χ1) is 16.1. The Kier molecular flexibility index (Phi) is 7.22. The first-order valence-corrected chi connectivity index (χ1v) is 11.0. The standard InChI is InChI=1S/C27H24ClN3O2/c1-33-24-13-14-25(19-5-7-20(28)8-6-19)26(18-24)27(32)31-23-11-9-22(10-12-23)30-17-15-21-4-2-3-16-29-21/h2-14,16,18,30H,15,17H2,1H3,(H,31,32). The van der Waals surface area contributed by atoms with Crippen molar-refractivity contribution in [3.63, 3.8) is 0 Å². The lowest BCUT2D eigenvalue weighted by molar-refractivity contribution is 0.102. The quantitative estimate of drug-likeness (QED) is 0.325. The van der Waals surface area contributed by atoms with Crippen molar-refractivity contribution in [2.45, 2.75) is 6.42 Å². The van der Waals surface area contributed by atoms with Crippen LogP contribution in [-0.4, -0.2) is 24.5 Å². The molecule has 0 atom stereocenters. The summed E-state index contributed by atoms with van der Waals surface area (Å²) in [6.07, 6.45) is 2.64. The number of carbonyl (C=O) groups excluding carboxylic acids is 1. The van der Waals surface area contributed by atoms with Crippen LogP contribution in [0.3, 0.4) is 0 Å². The Labute approximate surface area is 198 Å². The molecule has 0 aliphatic carbocycles. The van der Waals surface area contributed by atoms with Gasteiger partial charge in [-0.15, -0.1) is 0 Å². The summed E-state index contributed by atoms with van der Waals surface area (Å²) in [5.74, 6) is 0.403. The van der Waals surface area contributed by atoms with Gasteiger partial charge in [-0.2, -0.15) is 0 Å². The van der Waals surface area contributed by atoms with Gasteiger partial charge in [-0.1, -0.05) is 29.8 Å². The van der Waals surface area contributed by atoms with Crippen molar-refractivity contribution < 1.29 is 9.53 Å². The monoisotopic (exact) mass is 457 g/mol. The molecular weight excluding hydrogens is 434 g/mol. The number of pyridine rings is 1. The summed E-state index contributed by atoms with van der Waals surface area (Å²) in [6.45, 7) is 0.775.